The van der Waals surface area contributed by atoms with Gasteiger partial charge in [0.2, 0.25) is 0 Å². The number of piperazine rings is 1. The number of hydrogen-bond donors (Lipinski definition) is 1. The van der Waals surface area contributed by atoms with Crippen molar-refractivity contribution in [2.45, 2.75) is 31.8 Å². The van der Waals surface area contributed by atoms with Gasteiger partial charge in [0.25, 0.3) is 0 Å². The van der Waals surface area contributed by atoms with Gasteiger partial charge in [0.15, 0.2) is 0 Å². The molecule has 1 unspecified atom stereocenters. The molecule has 0 bridgehead atoms. The summed E-state index contributed by atoms with van der Waals surface area (Å²) in [5.74, 6) is -0.145. The summed E-state index contributed by atoms with van der Waals surface area (Å²) in [5.41, 5.74) is 0.0751. The van der Waals surface area contributed by atoms with Crippen LogP contribution in [-0.4, -0.2) is 49.7 Å². The predicted molar refractivity (Wildman–Crippen MR) is 55.1 cm³/mol. The van der Waals surface area contributed by atoms with Gasteiger partial charge in [0, 0.05) is 24.7 Å². The molecule has 0 aliphatic carbocycles. The van der Waals surface area contributed by atoms with Crippen LogP contribution in [0.2, 0.25) is 0 Å². The third kappa shape index (κ3) is 3.27. The van der Waals surface area contributed by atoms with Crippen molar-refractivity contribution in [3.05, 3.63) is 0 Å². The van der Waals surface area contributed by atoms with Crippen molar-refractivity contribution in [3.63, 3.8) is 0 Å². The SMILES string of the molecule is COC(=O)CC1CN(C)CC(C)(C)N1. The number of carbonyl (C=O) groups is 1. The molecule has 1 heterocycles. The van der Waals surface area contributed by atoms with Crippen LogP contribution in [0.3, 0.4) is 0 Å². The fourth-order valence-corrected chi connectivity index (χ4v) is 2.16. The van der Waals surface area contributed by atoms with Gasteiger partial charge < -0.3 is 15.0 Å². The molecule has 0 saturated carbocycles. The molecule has 0 radical (unpaired) electrons. The van der Waals surface area contributed by atoms with Crippen LogP contribution in [0.25, 0.3) is 0 Å². The summed E-state index contributed by atoms with van der Waals surface area (Å²) in [6.45, 7) is 6.20. The molecule has 0 amide bonds. The average Bonchev–Trinajstić information content (AvgIpc) is 1.99. The molecule has 4 heteroatoms. The molecule has 0 aromatic heterocycles. The van der Waals surface area contributed by atoms with Crippen LogP contribution in [-0.2, 0) is 9.53 Å². The Morgan fingerprint density at radius 2 is 2.29 bits per heavy atom. The lowest BCUT2D eigenvalue weighted by Gasteiger charge is -2.42. The van der Waals surface area contributed by atoms with Crippen LogP contribution in [0, 0.1) is 0 Å². The van der Waals surface area contributed by atoms with Gasteiger partial charge in [-0.15, -0.1) is 0 Å². The topological polar surface area (TPSA) is 41.6 Å². The molecule has 4 nitrogen and oxygen atoms in total. The quantitative estimate of drug-likeness (QED) is 0.648. The first-order valence-corrected chi connectivity index (χ1v) is 4.96. The van der Waals surface area contributed by atoms with Crippen LogP contribution < -0.4 is 5.32 Å². The third-order valence-electron chi connectivity index (χ3n) is 2.43. The van der Waals surface area contributed by atoms with E-state index in [9.17, 15) is 4.79 Å². The highest BCUT2D eigenvalue weighted by atomic mass is 16.5. The Morgan fingerprint density at radius 3 is 2.79 bits per heavy atom. The molecule has 1 aliphatic heterocycles. The molecule has 1 rings (SSSR count). The third-order valence-corrected chi connectivity index (χ3v) is 2.43. The maximum absolute atomic E-state index is 11.1. The summed E-state index contributed by atoms with van der Waals surface area (Å²) in [4.78, 5) is 13.4. The lowest BCUT2D eigenvalue weighted by Crippen LogP contribution is -2.61. The van der Waals surface area contributed by atoms with E-state index in [1.165, 1.54) is 7.11 Å². The van der Waals surface area contributed by atoms with Gasteiger partial charge in [-0.05, 0) is 20.9 Å². The molecule has 1 saturated heterocycles. The Kier molecular flexibility index (Phi) is 3.50. The lowest BCUT2D eigenvalue weighted by atomic mass is 9.98. The van der Waals surface area contributed by atoms with Gasteiger partial charge in [-0.1, -0.05) is 0 Å². The second kappa shape index (κ2) is 4.28. The number of methoxy groups -OCH3 is 1. The van der Waals surface area contributed by atoms with E-state index >= 15 is 0 Å². The Balaban J connectivity index is 2.50. The van der Waals surface area contributed by atoms with E-state index < -0.39 is 0 Å². The van der Waals surface area contributed by atoms with E-state index in [1.807, 2.05) is 0 Å². The molecule has 1 aliphatic rings. The van der Waals surface area contributed by atoms with Gasteiger partial charge in [-0.25, -0.2) is 0 Å². The molecule has 1 N–H and O–H groups in total. The van der Waals surface area contributed by atoms with Crippen LogP contribution in [0.15, 0.2) is 0 Å². The summed E-state index contributed by atoms with van der Waals surface area (Å²) in [6.07, 6.45) is 0.449. The monoisotopic (exact) mass is 200 g/mol. The molecule has 1 atom stereocenters. The molecule has 1 fully saturated rings. The zero-order valence-corrected chi connectivity index (χ0v) is 9.46. The van der Waals surface area contributed by atoms with Crippen LogP contribution >= 0.6 is 0 Å². The minimum absolute atomic E-state index is 0.0751. The largest absolute Gasteiger partial charge is 0.469 e. The number of rotatable bonds is 2. The van der Waals surface area contributed by atoms with Crippen LogP contribution in [0.1, 0.15) is 20.3 Å². The highest BCUT2D eigenvalue weighted by Gasteiger charge is 2.31. The number of hydrogen-bond acceptors (Lipinski definition) is 4. The number of ether oxygens (including phenoxy) is 1. The highest BCUT2D eigenvalue weighted by Crippen LogP contribution is 2.14. The molecular formula is C10H20N2O2. The number of likely N-dealkylation sites (N-methyl/N-ethyl adjacent to an activating group) is 1. The van der Waals surface area contributed by atoms with E-state index in [0.717, 1.165) is 13.1 Å². The molecule has 0 aromatic carbocycles. The van der Waals surface area contributed by atoms with Crippen molar-refractivity contribution in [2.24, 2.45) is 0 Å². The first-order chi connectivity index (χ1) is 6.43. The predicted octanol–water partition coefficient (Wildman–Crippen LogP) is 0.232. The molecular weight excluding hydrogens is 180 g/mol. The van der Waals surface area contributed by atoms with Crippen molar-refractivity contribution in [2.75, 3.05) is 27.2 Å². The molecule has 14 heavy (non-hydrogen) atoms. The Hall–Kier alpha value is -0.610. The zero-order chi connectivity index (χ0) is 10.8. The van der Waals surface area contributed by atoms with Crippen molar-refractivity contribution in [1.29, 1.82) is 0 Å². The Morgan fingerprint density at radius 1 is 1.64 bits per heavy atom. The number of carbonyl (C=O) groups excluding carboxylic acids is 1. The van der Waals surface area contributed by atoms with Crippen molar-refractivity contribution in [1.82, 2.24) is 10.2 Å². The maximum Gasteiger partial charge on any atom is 0.307 e. The van der Waals surface area contributed by atoms with Gasteiger partial charge in [-0.3, -0.25) is 4.79 Å². The lowest BCUT2D eigenvalue weighted by molar-refractivity contribution is -0.141. The van der Waals surface area contributed by atoms with E-state index in [-0.39, 0.29) is 17.6 Å². The van der Waals surface area contributed by atoms with Crippen LogP contribution in [0.5, 0.6) is 0 Å². The number of nitrogens with zero attached hydrogens (tertiary/aromatic N) is 1. The van der Waals surface area contributed by atoms with Gasteiger partial charge >= 0.3 is 5.97 Å². The van der Waals surface area contributed by atoms with Crippen molar-refractivity contribution < 1.29 is 9.53 Å². The minimum Gasteiger partial charge on any atom is -0.469 e. The van der Waals surface area contributed by atoms with E-state index in [2.05, 4.69) is 35.8 Å². The van der Waals surface area contributed by atoms with Crippen molar-refractivity contribution >= 4 is 5.97 Å². The summed E-state index contributed by atoms with van der Waals surface area (Å²) in [5, 5.41) is 3.45. The van der Waals surface area contributed by atoms with Gasteiger partial charge in [0.1, 0.15) is 0 Å². The van der Waals surface area contributed by atoms with E-state index in [1.54, 1.807) is 0 Å². The molecule has 82 valence electrons. The van der Waals surface area contributed by atoms with Crippen molar-refractivity contribution in [3.8, 4) is 0 Å². The summed E-state index contributed by atoms with van der Waals surface area (Å²) < 4.78 is 4.66. The number of esters is 1. The fourth-order valence-electron chi connectivity index (χ4n) is 2.16. The Labute approximate surface area is 85.6 Å². The minimum atomic E-state index is -0.145. The molecule has 0 aromatic rings. The smallest absolute Gasteiger partial charge is 0.307 e. The highest BCUT2D eigenvalue weighted by molar-refractivity contribution is 5.70. The standard InChI is InChI=1S/C10H20N2O2/c1-10(2)7-12(3)6-8(11-10)5-9(13)14-4/h8,11H,5-7H2,1-4H3. The van der Waals surface area contributed by atoms with E-state index in [0.29, 0.717) is 6.42 Å². The van der Waals surface area contributed by atoms with E-state index in [4.69, 9.17) is 0 Å². The second-order valence-electron chi connectivity index (χ2n) is 4.70. The first kappa shape index (κ1) is 11.5. The second-order valence-corrected chi connectivity index (χ2v) is 4.70. The summed E-state index contributed by atoms with van der Waals surface area (Å²) in [7, 11) is 3.51. The average molecular weight is 200 g/mol. The normalized spacial score (nSPS) is 27.3. The summed E-state index contributed by atoms with van der Waals surface area (Å²) in [6, 6.07) is 0.205. The fraction of sp³-hybridized carbons (Fsp3) is 0.900. The maximum atomic E-state index is 11.1. The van der Waals surface area contributed by atoms with Crippen LogP contribution in [0.4, 0.5) is 0 Å². The number of nitrogens with one attached hydrogen (secondary N) is 1. The summed E-state index contributed by atoms with van der Waals surface area (Å²) >= 11 is 0. The van der Waals surface area contributed by atoms with Gasteiger partial charge in [0.05, 0.1) is 13.5 Å². The van der Waals surface area contributed by atoms with Gasteiger partial charge in [-0.2, -0.15) is 0 Å². The first-order valence-electron chi connectivity index (χ1n) is 4.96. The molecule has 0 spiro atoms. The zero-order valence-electron chi connectivity index (χ0n) is 9.46. The Bertz CT molecular complexity index is 216.